The first-order chi connectivity index (χ1) is 10.5. The van der Waals surface area contributed by atoms with Crippen molar-refractivity contribution in [1.82, 2.24) is 4.90 Å². The molecule has 1 heterocycles. The number of benzene rings is 1. The lowest BCUT2D eigenvalue weighted by atomic mass is 10.1. The number of carbonyl (C=O) groups is 2. The zero-order valence-electron chi connectivity index (χ0n) is 11.7. The van der Waals surface area contributed by atoms with Crippen LogP contribution in [0.3, 0.4) is 0 Å². The number of hydrogen-bond acceptors (Lipinski definition) is 3. The lowest BCUT2D eigenvalue weighted by Crippen LogP contribution is -2.49. The molecule has 3 atom stereocenters. The zero-order valence-corrected chi connectivity index (χ0v) is 13.2. The zero-order chi connectivity index (χ0) is 15.9. The van der Waals surface area contributed by atoms with Gasteiger partial charge in [0.25, 0.3) is 0 Å². The van der Waals surface area contributed by atoms with Gasteiger partial charge in [0.1, 0.15) is 0 Å². The average molecular weight is 344 g/mol. The number of carboxylic acid groups (broad SMARTS) is 1. The van der Waals surface area contributed by atoms with Crippen LogP contribution in [-0.2, 0) is 14.3 Å². The van der Waals surface area contributed by atoms with Crippen molar-refractivity contribution in [3.8, 4) is 0 Å². The van der Waals surface area contributed by atoms with Crippen LogP contribution in [-0.4, -0.2) is 47.7 Å². The molecule has 0 bridgehead atoms. The quantitative estimate of drug-likeness (QED) is 0.915. The van der Waals surface area contributed by atoms with Crippen molar-refractivity contribution in [2.45, 2.75) is 18.4 Å². The van der Waals surface area contributed by atoms with E-state index in [1.807, 2.05) is 6.07 Å². The van der Waals surface area contributed by atoms with Crippen LogP contribution in [0, 0.1) is 5.92 Å². The largest absolute Gasteiger partial charge is 0.479 e. The van der Waals surface area contributed by atoms with Crippen LogP contribution < -0.4 is 0 Å². The first kappa shape index (κ1) is 15.6. The van der Waals surface area contributed by atoms with Crippen LogP contribution in [0.1, 0.15) is 17.9 Å². The van der Waals surface area contributed by atoms with Gasteiger partial charge in [-0.15, -0.1) is 0 Å². The molecule has 3 rings (SSSR count). The molecular weight excluding hydrogens is 329 g/mol. The van der Waals surface area contributed by atoms with Crippen LogP contribution in [0.4, 0.5) is 0 Å². The maximum Gasteiger partial charge on any atom is 0.334 e. The van der Waals surface area contributed by atoms with Gasteiger partial charge in [0.05, 0.1) is 23.2 Å². The van der Waals surface area contributed by atoms with Crippen LogP contribution in [0.5, 0.6) is 0 Å². The van der Waals surface area contributed by atoms with E-state index in [4.69, 9.17) is 33.0 Å². The van der Waals surface area contributed by atoms with Gasteiger partial charge in [0, 0.05) is 12.5 Å². The Labute approximate surface area is 137 Å². The number of nitrogens with zero attached hydrogens (tertiary/aromatic N) is 1. The fourth-order valence-corrected chi connectivity index (χ4v) is 3.12. The molecule has 22 heavy (non-hydrogen) atoms. The number of carboxylic acids is 1. The molecule has 1 aliphatic carbocycles. The van der Waals surface area contributed by atoms with Gasteiger partial charge in [-0.05, 0) is 30.0 Å². The van der Waals surface area contributed by atoms with Gasteiger partial charge in [-0.3, -0.25) is 4.79 Å². The molecule has 0 aromatic heterocycles. The first-order valence-electron chi connectivity index (χ1n) is 7.05. The number of hydrogen-bond donors (Lipinski definition) is 1. The molecule has 1 aromatic rings. The van der Waals surface area contributed by atoms with Crippen LogP contribution in [0.15, 0.2) is 18.2 Å². The summed E-state index contributed by atoms with van der Waals surface area (Å²) in [6.07, 6.45) is -0.175. The maximum absolute atomic E-state index is 12.5. The van der Waals surface area contributed by atoms with Crippen molar-refractivity contribution < 1.29 is 19.4 Å². The number of halogens is 2. The minimum absolute atomic E-state index is 0.00868. The third kappa shape index (κ3) is 3.07. The Bertz CT molecular complexity index is 622. The van der Waals surface area contributed by atoms with Crippen molar-refractivity contribution in [3.63, 3.8) is 0 Å². The van der Waals surface area contributed by atoms with Crippen molar-refractivity contribution in [1.29, 1.82) is 0 Å². The summed E-state index contributed by atoms with van der Waals surface area (Å²) in [5, 5.41) is 9.96. The Balaban J connectivity index is 1.65. The number of carbonyl (C=O) groups excluding carboxylic acids is 1. The van der Waals surface area contributed by atoms with E-state index in [2.05, 4.69) is 0 Å². The summed E-state index contributed by atoms with van der Waals surface area (Å²) < 4.78 is 5.13. The molecule has 1 saturated carbocycles. The molecule has 0 spiro atoms. The Morgan fingerprint density at radius 1 is 1.27 bits per heavy atom. The third-order valence-corrected chi connectivity index (χ3v) is 4.87. The Kier molecular flexibility index (Phi) is 4.30. The molecule has 5 nitrogen and oxygen atoms in total. The predicted molar refractivity (Wildman–Crippen MR) is 81.3 cm³/mol. The van der Waals surface area contributed by atoms with E-state index >= 15 is 0 Å². The monoisotopic (exact) mass is 343 g/mol. The second-order valence-corrected chi connectivity index (χ2v) is 6.42. The smallest absolute Gasteiger partial charge is 0.334 e. The highest BCUT2D eigenvalue weighted by Gasteiger charge is 2.46. The van der Waals surface area contributed by atoms with E-state index in [0.717, 1.165) is 12.0 Å². The maximum atomic E-state index is 12.5. The summed E-state index contributed by atoms with van der Waals surface area (Å²) >= 11 is 11.9. The second kappa shape index (κ2) is 6.07. The van der Waals surface area contributed by atoms with Crippen molar-refractivity contribution >= 4 is 35.1 Å². The molecule has 1 N–H and O–H groups in total. The van der Waals surface area contributed by atoms with Gasteiger partial charge < -0.3 is 14.7 Å². The van der Waals surface area contributed by atoms with Crippen molar-refractivity contribution in [2.24, 2.45) is 5.92 Å². The number of morpholine rings is 1. The van der Waals surface area contributed by atoms with Crippen LogP contribution >= 0.6 is 23.2 Å². The van der Waals surface area contributed by atoms with Crippen LogP contribution in [0.25, 0.3) is 0 Å². The van der Waals surface area contributed by atoms with Crippen molar-refractivity contribution in [2.75, 3.05) is 19.7 Å². The Hall–Kier alpha value is -1.30. The Morgan fingerprint density at radius 3 is 2.73 bits per heavy atom. The predicted octanol–water partition coefficient (Wildman–Crippen LogP) is 2.41. The molecule has 0 unspecified atom stereocenters. The normalized spacial score (nSPS) is 27.5. The lowest BCUT2D eigenvalue weighted by Gasteiger charge is -2.31. The summed E-state index contributed by atoms with van der Waals surface area (Å²) in [5.74, 6) is -1.02. The number of aliphatic carboxylic acids is 1. The number of ether oxygens (including phenoxy) is 1. The van der Waals surface area contributed by atoms with Gasteiger partial charge in [0.2, 0.25) is 5.91 Å². The number of amides is 1. The summed E-state index contributed by atoms with van der Waals surface area (Å²) in [5.41, 5.74) is 0.996. The summed E-state index contributed by atoms with van der Waals surface area (Å²) in [6, 6.07) is 5.40. The van der Waals surface area contributed by atoms with E-state index in [1.54, 1.807) is 17.0 Å². The topological polar surface area (TPSA) is 66.8 Å². The molecule has 7 heteroatoms. The lowest BCUT2D eigenvalue weighted by molar-refractivity contribution is -0.159. The van der Waals surface area contributed by atoms with E-state index < -0.39 is 12.1 Å². The second-order valence-electron chi connectivity index (χ2n) is 5.60. The highest BCUT2D eigenvalue weighted by Crippen LogP contribution is 2.49. The van der Waals surface area contributed by atoms with E-state index in [-0.39, 0.29) is 30.9 Å². The number of rotatable bonds is 3. The summed E-state index contributed by atoms with van der Waals surface area (Å²) in [7, 11) is 0. The van der Waals surface area contributed by atoms with Gasteiger partial charge >= 0.3 is 5.97 Å². The molecular formula is C15H15Cl2NO4. The molecule has 1 saturated heterocycles. The fraction of sp³-hybridized carbons (Fsp3) is 0.467. The van der Waals surface area contributed by atoms with Crippen LogP contribution in [0.2, 0.25) is 10.0 Å². The standard InChI is InChI=1S/C15H15Cl2NO4/c16-11-2-1-8(5-12(11)17)9-6-10(9)14(19)18-3-4-22-13(7-18)15(20)21/h1-2,5,9-10,13H,3-4,6-7H2,(H,20,21)/t9-,10+,13+/m1/s1. The van der Waals surface area contributed by atoms with Crippen molar-refractivity contribution in [3.05, 3.63) is 33.8 Å². The molecule has 118 valence electrons. The van der Waals surface area contributed by atoms with E-state index in [1.165, 1.54) is 0 Å². The minimum Gasteiger partial charge on any atom is -0.479 e. The van der Waals surface area contributed by atoms with E-state index in [9.17, 15) is 9.59 Å². The summed E-state index contributed by atoms with van der Waals surface area (Å²) in [4.78, 5) is 25.0. The third-order valence-electron chi connectivity index (χ3n) is 4.13. The SMILES string of the molecule is O=C(O)[C@@H]1CN(C(=O)[C@H]2C[C@@H]2c2ccc(Cl)c(Cl)c2)CCO1. The van der Waals surface area contributed by atoms with Gasteiger partial charge in [-0.2, -0.15) is 0 Å². The molecule has 2 aliphatic rings. The Morgan fingerprint density at radius 2 is 2.05 bits per heavy atom. The van der Waals surface area contributed by atoms with E-state index in [0.29, 0.717) is 16.6 Å². The van der Waals surface area contributed by atoms with Gasteiger partial charge in [-0.1, -0.05) is 29.3 Å². The summed E-state index contributed by atoms with van der Waals surface area (Å²) in [6.45, 7) is 0.804. The molecule has 2 fully saturated rings. The minimum atomic E-state index is -1.03. The molecule has 1 aliphatic heterocycles. The molecule has 1 aromatic carbocycles. The molecule has 0 radical (unpaired) electrons. The highest BCUT2D eigenvalue weighted by atomic mass is 35.5. The highest BCUT2D eigenvalue weighted by molar-refractivity contribution is 6.42. The fourth-order valence-electron chi connectivity index (χ4n) is 2.81. The van der Waals surface area contributed by atoms with Gasteiger partial charge in [0.15, 0.2) is 6.10 Å². The first-order valence-corrected chi connectivity index (χ1v) is 7.81. The van der Waals surface area contributed by atoms with Gasteiger partial charge in [-0.25, -0.2) is 4.79 Å². The average Bonchev–Trinajstić information content (AvgIpc) is 3.30. The molecule has 1 amide bonds.